The first-order valence-electron chi connectivity index (χ1n) is 24.7. The van der Waals surface area contributed by atoms with Gasteiger partial charge in [-0.25, -0.2) is 15.0 Å². The first kappa shape index (κ1) is 18.9. The van der Waals surface area contributed by atoms with Crippen molar-refractivity contribution in [2.75, 3.05) is 4.90 Å². The standard InChI is InChI=1S/C49H32N4O/c1-4-15-35(16-5-1)47-50-48(36-17-6-2-7-18-36)52-49(51-47)42-23-13-25-44-46(42)41-31-28-37(32-45(41)54-44)33-26-29-39(30-27-33)53(38-20-8-3-9-21-38)43-24-12-19-34-14-10-11-22-40(34)43/h1-32H/i1D,2D,4D,5D,6D,7D,13D,15D,16D,17D,18D,23D,25D,28D,31D,32D. The lowest BCUT2D eigenvalue weighted by molar-refractivity contribution is 0.669. The summed E-state index contributed by atoms with van der Waals surface area (Å²) in [5.74, 6) is -1.89. The Kier molecular flexibility index (Phi) is 4.66. The molecule has 0 amide bonds. The van der Waals surface area contributed by atoms with Crippen LogP contribution in [0.4, 0.5) is 17.1 Å². The summed E-state index contributed by atoms with van der Waals surface area (Å²) in [6.07, 6.45) is 0. The van der Waals surface area contributed by atoms with Crippen LogP contribution in [0.1, 0.15) is 21.9 Å². The second-order valence-electron chi connectivity index (χ2n) is 12.0. The lowest BCUT2D eigenvalue weighted by Gasteiger charge is -2.27. The SMILES string of the molecule is [2H]c1c([2H])c([2H])c(-c2nc(-c3c([2H])c([2H])c([2H])c([2H])c3[2H])nc(-c3c([2H])c([2H])c([2H])c4oc5c([2H])c(-c6ccc(N(c7ccccc7)c7cccc8ccccc78)cc6)c([2H])c([2H])c5c34)n2)c([2H])c1[2H]. The van der Waals surface area contributed by atoms with Gasteiger partial charge in [0.25, 0.3) is 0 Å². The number of rotatable bonds is 7. The maximum absolute atomic E-state index is 9.51. The molecule has 0 aliphatic rings. The van der Waals surface area contributed by atoms with Crippen LogP contribution >= 0.6 is 0 Å². The predicted octanol–water partition coefficient (Wildman–Crippen LogP) is 13.1. The molecule has 5 heteroatoms. The van der Waals surface area contributed by atoms with Crippen molar-refractivity contribution in [3.05, 3.63) is 194 Å². The number of hydrogen-bond donors (Lipinski definition) is 0. The number of fused-ring (bicyclic) bond motifs is 4. The second kappa shape index (κ2) is 13.3. The van der Waals surface area contributed by atoms with Crippen molar-refractivity contribution in [3.8, 4) is 45.3 Å². The molecule has 10 rings (SSSR count). The van der Waals surface area contributed by atoms with E-state index in [9.17, 15) is 5.48 Å². The minimum Gasteiger partial charge on any atom is -0.456 e. The van der Waals surface area contributed by atoms with Crippen molar-refractivity contribution in [2.24, 2.45) is 0 Å². The minimum absolute atomic E-state index is 0.00286. The third-order valence-electron chi connectivity index (χ3n) is 8.82. The highest BCUT2D eigenvalue weighted by atomic mass is 16.3. The molecule has 2 heterocycles. The van der Waals surface area contributed by atoms with Crippen LogP contribution in [0.5, 0.6) is 0 Å². The maximum Gasteiger partial charge on any atom is 0.164 e. The van der Waals surface area contributed by atoms with Gasteiger partial charge in [-0.3, -0.25) is 0 Å². The van der Waals surface area contributed by atoms with Gasteiger partial charge in [-0.15, -0.1) is 0 Å². The molecule has 0 saturated heterocycles. The molecule has 0 unspecified atom stereocenters. The number of para-hydroxylation sites is 1. The fourth-order valence-corrected chi connectivity index (χ4v) is 6.38. The highest BCUT2D eigenvalue weighted by Crippen LogP contribution is 2.41. The Morgan fingerprint density at radius 2 is 1.09 bits per heavy atom. The van der Waals surface area contributed by atoms with Gasteiger partial charge >= 0.3 is 0 Å². The molecule has 0 saturated carbocycles. The van der Waals surface area contributed by atoms with Gasteiger partial charge in [0, 0.05) is 44.2 Å². The fraction of sp³-hybridized carbons (Fsp3) is 0. The van der Waals surface area contributed by atoms with E-state index >= 15 is 0 Å². The number of nitrogens with zero attached hydrogens (tertiary/aromatic N) is 4. The van der Waals surface area contributed by atoms with Gasteiger partial charge in [-0.1, -0.05) is 145 Å². The van der Waals surface area contributed by atoms with Gasteiger partial charge in [-0.05, 0) is 65.0 Å². The van der Waals surface area contributed by atoms with Crippen molar-refractivity contribution < 1.29 is 26.3 Å². The number of aromatic nitrogens is 3. The van der Waals surface area contributed by atoms with E-state index in [2.05, 4.69) is 19.9 Å². The van der Waals surface area contributed by atoms with Crippen molar-refractivity contribution in [1.82, 2.24) is 15.0 Å². The highest BCUT2D eigenvalue weighted by molar-refractivity contribution is 6.12. The maximum atomic E-state index is 9.51. The summed E-state index contributed by atoms with van der Waals surface area (Å²) < 4.78 is 146. The largest absolute Gasteiger partial charge is 0.456 e. The molecule has 2 aromatic heterocycles. The first-order valence-corrected chi connectivity index (χ1v) is 16.7. The topological polar surface area (TPSA) is 55.1 Å². The van der Waals surface area contributed by atoms with Crippen LogP contribution < -0.4 is 4.90 Å². The summed E-state index contributed by atoms with van der Waals surface area (Å²) in [7, 11) is 0. The van der Waals surface area contributed by atoms with Crippen LogP contribution in [0.15, 0.2) is 198 Å². The Morgan fingerprint density at radius 1 is 0.444 bits per heavy atom. The summed E-state index contributed by atoms with van der Waals surface area (Å²) in [6.45, 7) is 0. The molecule has 254 valence electrons. The molecule has 8 aromatic carbocycles. The van der Waals surface area contributed by atoms with Crippen LogP contribution in [0.2, 0.25) is 0 Å². The van der Waals surface area contributed by atoms with E-state index in [4.69, 9.17) is 20.9 Å². The van der Waals surface area contributed by atoms with E-state index < -0.39 is 130 Å². The number of anilines is 3. The minimum atomic E-state index is -0.771. The van der Waals surface area contributed by atoms with Gasteiger partial charge < -0.3 is 9.32 Å². The van der Waals surface area contributed by atoms with Crippen LogP contribution in [-0.4, -0.2) is 15.0 Å². The Bertz CT molecular complexity index is 3720. The molecule has 0 N–H and O–H groups in total. The van der Waals surface area contributed by atoms with E-state index in [1.54, 1.807) is 12.1 Å². The van der Waals surface area contributed by atoms with E-state index in [0.717, 1.165) is 27.8 Å². The third-order valence-corrected chi connectivity index (χ3v) is 8.82. The lowest BCUT2D eigenvalue weighted by atomic mass is 10.0. The Hall–Kier alpha value is -7.37. The Morgan fingerprint density at radius 3 is 1.83 bits per heavy atom. The molecular weight excluding hydrogens is 661 g/mol. The van der Waals surface area contributed by atoms with Gasteiger partial charge in [-0.2, -0.15) is 0 Å². The van der Waals surface area contributed by atoms with Crippen molar-refractivity contribution in [3.63, 3.8) is 0 Å². The molecule has 5 nitrogen and oxygen atoms in total. The van der Waals surface area contributed by atoms with E-state index in [1.807, 2.05) is 84.9 Å². The zero-order valence-corrected chi connectivity index (χ0v) is 27.9. The summed E-state index contributed by atoms with van der Waals surface area (Å²) >= 11 is 0. The van der Waals surface area contributed by atoms with E-state index in [1.165, 1.54) is 0 Å². The molecule has 10 aromatic rings. The lowest BCUT2D eigenvalue weighted by Crippen LogP contribution is -2.10. The molecule has 54 heavy (non-hydrogen) atoms. The van der Waals surface area contributed by atoms with Crippen molar-refractivity contribution >= 4 is 49.8 Å². The molecule has 0 bridgehead atoms. The van der Waals surface area contributed by atoms with Gasteiger partial charge in [0.1, 0.15) is 11.2 Å². The molecule has 0 fully saturated rings. The predicted molar refractivity (Wildman–Crippen MR) is 221 cm³/mol. The quantitative estimate of drug-likeness (QED) is 0.165. The van der Waals surface area contributed by atoms with E-state index in [0.29, 0.717) is 5.56 Å². The molecule has 0 spiro atoms. The number of hydrogen-bond acceptors (Lipinski definition) is 5. The van der Waals surface area contributed by atoms with Gasteiger partial charge in [0.05, 0.1) is 27.6 Å². The smallest absolute Gasteiger partial charge is 0.164 e. The molecule has 0 atom stereocenters. The van der Waals surface area contributed by atoms with Crippen LogP contribution in [0.25, 0.3) is 78.0 Å². The van der Waals surface area contributed by atoms with Crippen molar-refractivity contribution in [1.29, 1.82) is 0 Å². The zero-order chi connectivity index (χ0) is 49.8. The molecule has 0 aliphatic heterocycles. The highest BCUT2D eigenvalue weighted by Gasteiger charge is 2.19. The Labute approximate surface area is 335 Å². The average Bonchev–Trinajstić information content (AvgIpc) is 3.77. The normalized spacial score (nSPS) is 15.5. The Balaban J connectivity index is 1.21. The summed E-state index contributed by atoms with van der Waals surface area (Å²) in [5, 5.41) is 1.55. The summed E-state index contributed by atoms with van der Waals surface area (Å²) in [4.78, 5) is 15.2. The van der Waals surface area contributed by atoms with Gasteiger partial charge in [0.15, 0.2) is 17.5 Å². The second-order valence-corrected chi connectivity index (χ2v) is 12.0. The summed E-state index contributed by atoms with van der Waals surface area (Å²) in [5.41, 5.74) is 0.620. The van der Waals surface area contributed by atoms with Crippen LogP contribution in [-0.2, 0) is 0 Å². The molecule has 0 radical (unpaired) electrons. The fourth-order valence-electron chi connectivity index (χ4n) is 6.38. The monoisotopic (exact) mass is 708 g/mol. The molecule has 0 aliphatic carbocycles. The van der Waals surface area contributed by atoms with Crippen molar-refractivity contribution in [2.45, 2.75) is 0 Å². The third kappa shape index (κ3) is 5.65. The van der Waals surface area contributed by atoms with E-state index in [-0.39, 0.29) is 28.0 Å². The molecular formula is C49H32N4O. The first-order chi connectivity index (χ1) is 33.4. The average molecular weight is 709 g/mol. The van der Waals surface area contributed by atoms with Crippen LogP contribution in [0, 0.1) is 0 Å². The van der Waals surface area contributed by atoms with Gasteiger partial charge in [0.2, 0.25) is 0 Å². The zero-order valence-electron chi connectivity index (χ0n) is 43.9. The number of benzene rings is 8. The summed E-state index contributed by atoms with van der Waals surface area (Å²) in [6, 6.07) is 19.8. The van der Waals surface area contributed by atoms with Crippen LogP contribution in [0.3, 0.4) is 0 Å². The number of furan rings is 1.